The Bertz CT molecular complexity index is 1410. The van der Waals surface area contributed by atoms with Gasteiger partial charge in [-0.3, -0.25) is 9.59 Å². The van der Waals surface area contributed by atoms with Gasteiger partial charge in [0.05, 0.1) is 38.8 Å². The Balaban J connectivity index is 1.91. The van der Waals surface area contributed by atoms with Gasteiger partial charge in [0, 0.05) is 22.3 Å². The number of anilines is 1. The highest BCUT2D eigenvalue weighted by Crippen LogP contribution is 2.29. The molecule has 0 fully saturated rings. The smallest absolute Gasteiger partial charge is 0.319 e. The zero-order chi connectivity index (χ0) is 29.2. The zero-order valence-electron chi connectivity index (χ0n) is 23.0. The molecule has 2 amide bonds. The van der Waals surface area contributed by atoms with E-state index >= 15 is 0 Å². The van der Waals surface area contributed by atoms with Crippen molar-refractivity contribution in [2.24, 2.45) is 0 Å². The molecule has 1 atom stereocenters. The van der Waals surface area contributed by atoms with Crippen molar-refractivity contribution in [2.45, 2.75) is 46.7 Å². The normalized spacial score (nSPS) is 11.4. The van der Waals surface area contributed by atoms with Crippen LogP contribution in [0.1, 0.15) is 49.9 Å². The van der Waals surface area contributed by atoms with Crippen molar-refractivity contribution < 1.29 is 28.9 Å². The van der Waals surface area contributed by atoms with Crippen molar-refractivity contribution in [3.8, 4) is 17.2 Å². The number of nitrogens with zero attached hydrogens (tertiary/aromatic N) is 1. The Kier molecular flexibility index (Phi) is 10.8. The number of aromatic hydroxyl groups is 1. The number of ether oxygens (including phenoxy) is 3. The first kappa shape index (κ1) is 30.4. The third kappa shape index (κ3) is 7.69. The third-order valence-corrected chi connectivity index (χ3v) is 6.28. The molecule has 0 radical (unpaired) electrons. The SMILES string of the molecule is CCOC(=O)C[C@H](NC(=O)Nc1c(O)c(C)cn(Cc2c(Cl)cccc2OCC)c1=O)c1cccc(OCC)c1. The summed E-state index contributed by atoms with van der Waals surface area (Å²) in [5.41, 5.74) is 0.563. The predicted molar refractivity (Wildman–Crippen MR) is 153 cm³/mol. The number of carbonyl (C=O) groups is 2. The standard InChI is InChI=1S/C29H34ClN3O7/c1-5-38-20-11-8-10-19(14-20)23(15-25(34)40-7-3)31-29(37)32-26-27(35)18(4)16-33(28(26)36)17-21-22(30)12-9-13-24(21)39-6-2/h8-14,16,23,35H,5-7,15,17H2,1-4H3,(H2,31,32,37)/t23-/m0/s1. The number of benzene rings is 2. The molecule has 3 N–H and O–H groups in total. The number of amides is 2. The van der Waals surface area contributed by atoms with Gasteiger partial charge in [0.1, 0.15) is 17.2 Å². The quantitative estimate of drug-likeness (QED) is 0.256. The van der Waals surface area contributed by atoms with Gasteiger partial charge in [-0.2, -0.15) is 0 Å². The second kappa shape index (κ2) is 14.3. The van der Waals surface area contributed by atoms with Gasteiger partial charge < -0.3 is 34.5 Å². The molecule has 11 heteroatoms. The summed E-state index contributed by atoms with van der Waals surface area (Å²) < 4.78 is 17.6. The lowest BCUT2D eigenvalue weighted by atomic mass is 10.0. The van der Waals surface area contributed by atoms with Crippen molar-refractivity contribution >= 4 is 29.3 Å². The Morgan fingerprint density at radius 3 is 2.48 bits per heavy atom. The van der Waals surface area contributed by atoms with Crippen LogP contribution in [0.4, 0.5) is 10.5 Å². The predicted octanol–water partition coefficient (Wildman–Crippen LogP) is 5.18. The second-order valence-electron chi connectivity index (χ2n) is 8.78. The first-order valence-corrected chi connectivity index (χ1v) is 13.3. The number of hydrogen-bond donors (Lipinski definition) is 3. The third-order valence-electron chi connectivity index (χ3n) is 5.93. The molecule has 1 heterocycles. The fourth-order valence-electron chi connectivity index (χ4n) is 4.11. The Morgan fingerprint density at radius 2 is 1.77 bits per heavy atom. The van der Waals surface area contributed by atoms with E-state index in [1.807, 2.05) is 13.8 Å². The average molecular weight is 572 g/mol. The number of rotatable bonds is 12. The Hall–Kier alpha value is -4.18. The largest absolute Gasteiger partial charge is 0.505 e. The fraction of sp³-hybridized carbons (Fsp3) is 0.345. The number of hydrogen-bond acceptors (Lipinski definition) is 7. The maximum atomic E-state index is 13.4. The lowest BCUT2D eigenvalue weighted by Crippen LogP contribution is -2.36. The molecule has 0 aliphatic heterocycles. The summed E-state index contributed by atoms with van der Waals surface area (Å²) in [5, 5.41) is 16.3. The van der Waals surface area contributed by atoms with Gasteiger partial charge in [-0.1, -0.05) is 29.8 Å². The molecular formula is C29H34ClN3O7. The van der Waals surface area contributed by atoms with Crippen molar-refractivity contribution in [3.05, 3.63) is 80.7 Å². The number of pyridine rings is 1. The molecule has 1 aromatic heterocycles. The number of urea groups is 1. The van der Waals surface area contributed by atoms with Crippen LogP contribution in [0.25, 0.3) is 0 Å². The van der Waals surface area contributed by atoms with Crippen LogP contribution in [0, 0.1) is 6.92 Å². The minimum atomic E-state index is -0.800. The molecule has 0 spiro atoms. The zero-order valence-corrected chi connectivity index (χ0v) is 23.7. The minimum absolute atomic E-state index is 0.0426. The van der Waals surface area contributed by atoms with Gasteiger partial charge in [-0.25, -0.2) is 4.79 Å². The summed E-state index contributed by atoms with van der Waals surface area (Å²) >= 11 is 6.40. The molecule has 0 aliphatic carbocycles. The number of esters is 1. The van der Waals surface area contributed by atoms with Crippen LogP contribution in [0.2, 0.25) is 5.02 Å². The van der Waals surface area contributed by atoms with Crippen molar-refractivity contribution in [3.63, 3.8) is 0 Å². The molecule has 0 unspecified atom stereocenters. The fourth-order valence-corrected chi connectivity index (χ4v) is 4.34. The highest BCUT2D eigenvalue weighted by Gasteiger charge is 2.23. The first-order chi connectivity index (χ1) is 19.2. The monoisotopic (exact) mass is 571 g/mol. The van der Waals surface area contributed by atoms with E-state index in [2.05, 4.69) is 10.6 Å². The average Bonchev–Trinajstić information content (AvgIpc) is 2.91. The molecule has 10 nitrogen and oxygen atoms in total. The van der Waals surface area contributed by atoms with E-state index in [4.69, 9.17) is 25.8 Å². The summed E-state index contributed by atoms with van der Waals surface area (Å²) in [5.74, 6) is 0.207. The van der Waals surface area contributed by atoms with Gasteiger partial charge in [0.25, 0.3) is 5.56 Å². The summed E-state index contributed by atoms with van der Waals surface area (Å²) in [6.07, 6.45) is 1.32. The van der Waals surface area contributed by atoms with E-state index in [0.29, 0.717) is 46.4 Å². The van der Waals surface area contributed by atoms with Crippen LogP contribution in [-0.2, 0) is 16.1 Å². The molecule has 3 aromatic rings. The molecule has 2 aromatic carbocycles. The van der Waals surface area contributed by atoms with Crippen LogP contribution in [0.3, 0.4) is 0 Å². The van der Waals surface area contributed by atoms with Gasteiger partial charge in [0.15, 0.2) is 5.69 Å². The van der Waals surface area contributed by atoms with E-state index in [-0.39, 0.29) is 31.0 Å². The van der Waals surface area contributed by atoms with Gasteiger partial charge >= 0.3 is 12.0 Å². The molecular weight excluding hydrogens is 538 g/mol. The van der Waals surface area contributed by atoms with Crippen molar-refractivity contribution in [1.29, 1.82) is 0 Å². The molecule has 0 bridgehead atoms. The summed E-state index contributed by atoms with van der Waals surface area (Å²) in [4.78, 5) is 38.8. The van der Waals surface area contributed by atoms with E-state index in [0.717, 1.165) is 0 Å². The van der Waals surface area contributed by atoms with E-state index in [1.165, 1.54) is 10.8 Å². The Labute approximate surface area is 237 Å². The van der Waals surface area contributed by atoms with Crippen LogP contribution in [-0.4, -0.2) is 41.5 Å². The molecule has 0 aliphatic rings. The second-order valence-corrected chi connectivity index (χ2v) is 9.19. The first-order valence-electron chi connectivity index (χ1n) is 13.0. The molecule has 0 saturated carbocycles. The van der Waals surface area contributed by atoms with E-state index in [1.54, 1.807) is 56.3 Å². The molecule has 214 valence electrons. The topological polar surface area (TPSA) is 128 Å². The summed E-state index contributed by atoms with van der Waals surface area (Å²) in [6, 6.07) is 10.5. The summed E-state index contributed by atoms with van der Waals surface area (Å²) in [7, 11) is 0. The molecule has 0 saturated heterocycles. The van der Waals surface area contributed by atoms with Gasteiger partial charge in [-0.05, 0) is 57.5 Å². The van der Waals surface area contributed by atoms with Gasteiger partial charge in [-0.15, -0.1) is 0 Å². The van der Waals surface area contributed by atoms with Crippen LogP contribution in [0.5, 0.6) is 17.2 Å². The minimum Gasteiger partial charge on any atom is -0.505 e. The van der Waals surface area contributed by atoms with Gasteiger partial charge in [0.2, 0.25) is 0 Å². The molecule has 40 heavy (non-hydrogen) atoms. The maximum absolute atomic E-state index is 13.4. The van der Waals surface area contributed by atoms with Crippen molar-refractivity contribution in [1.82, 2.24) is 9.88 Å². The van der Waals surface area contributed by atoms with E-state index in [9.17, 15) is 19.5 Å². The number of aryl methyl sites for hydroxylation is 1. The number of nitrogens with one attached hydrogen (secondary N) is 2. The lowest BCUT2D eigenvalue weighted by Gasteiger charge is -2.20. The van der Waals surface area contributed by atoms with Crippen LogP contribution < -0.4 is 25.7 Å². The molecule has 3 rings (SSSR count). The number of halogens is 1. The van der Waals surface area contributed by atoms with Crippen LogP contribution in [0.15, 0.2) is 53.5 Å². The van der Waals surface area contributed by atoms with E-state index < -0.39 is 23.6 Å². The Morgan fingerprint density at radius 1 is 1.05 bits per heavy atom. The highest BCUT2D eigenvalue weighted by molar-refractivity contribution is 6.31. The van der Waals surface area contributed by atoms with Crippen molar-refractivity contribution in [2.75, 3.05) is 25.1 Å². The maximum Gasteiger partial charge on any atom is 0.319 e. The number of carbonyl (C=O) groups excluding carboxylic acids is 2. The summed E-state index contributed by atoms with van der Waals surface area (Å²) in [6.45, 7) is 8.05. The highest BCUT2D eigenvalue weighted by atomic mass is 35.5. The number of aromatic nitrogens is 1. The lowest BCUT2D eigenvalue weighted by molar-refractivity contribution is -0.143. The van der Waals surface area contributed by atoms with Crippen LogP contribution >= 0.6 is 11.6 Å².